The van der Waals surface area contributed by atoms with Crippen LogP contribution < -0.4 is 0 Å². The van der Waals surface area contributed by atoms with Gasteiger partial charge in [0.1, 0.15) is 0 Å². The van der Waals surface area contributed by atoms with Gasteiger partial charge in [-0.05, 0) is 0 Å². The van der Waals surface area contributed by atoms with Crippen LogP contribution in [0.1, 0.15) is 91.2 Å². The summed E-state index contributed by atoms with van der Waals surface area (Å²) in [7, 11) is -0.878. The van der Waals surface area contributed by atoms with Gasteiger partial charge in [-0.15, -0.1) is 0 Å². The first kappa shape index (κ1) is 29.0. The van der Waals surface area contributed by atoms with E-state index in [4.69, 9.17) is 4.43 Å². The third kappa shape index (κ3) is 11.6. The van der Waals surface area contributed by atoms with Crippen molar-refractivity contribution in [1.82, 2.24) is 0 Å². The average Bonchev–Trinajstić information content (AvgIpc) is 2.72. The summed E-state index contributed by atoms with van der Waals surface area (Å²) in [6.07, 6.45) is 12.0. The van der Waals surface area contributed by atoms with E-state index >= 15 is 0 Å². The Bertz CT molecular complexity index is 612. The summed E-state index contributed by atoms with van der Waals surface area (Å²) >= 11 is -2.29. The van der Waals surface area contributed by atoms with E-state index in [0.29, 0.717) is 0 Å². The van der Waals surface area contributed by atoms with E-state index < -0.39 is 27.4 Å². The zero-order valence-corrected chi connectivity index (χ0v) is 25.9. The van der Waals surface area contributed by atoms with Crippen molar-refractivity contribution in [2.75, 3.05) is 0 Å². The molecule has 0 amide bonds. The molecule has 0 fully saturated rings. The number of aryl methyl sites for hydroxylation is 1. The van der Waals surface area contributed by atoms with Crippen LogP contribution in [0.3, 0.4) is 0 Å². The molecule has 31 heavy (non-hydrogen) atoms. The molecule has 0 aliphatic rings. The Labute approximate surface area is 201 Å². The standard InChI is InChI=1S/C16H24OSi.3C4H9.Sn/c1-7-15(17-18(6)16(3,4)5)12-14-10-8-9-13(2)11-14;3*1-3-4-2;/h1,7-11,15H,12H2,2-6H3;3*1,3-4H2,2H3;. The fourth-order valence-electron chi connectivity index (χ4n) is 4.15. The van der Waals surface area contributed by atoms with Crippen LogP contribution in [0.5, 0.6) is 0 Å². The van der Waals surface area contributed by atoms with Gasteiger partial charge in [0.15, 0.2) is 0 Å². The second kappa shape index (κ2) is 15.0. The van der Waals surface area contributed by atoms with Gasteiger partial charge in [0, 0.05) is 0 Å². The number of unbranched alkanes of at least 4 members (excludes halogenated alkanes) is 3. The molecule has 1 rings (SSSR count). The van der Waals surface area contributed by atoms with Crippen molar-refractivity contribution in [1.29, 1.82) is 0 Å². The van der Waals surface area contributed by atoms with Crippen molar-refractivity contribution in [2.24, 2.45) is 0 Å². The summed E-state index contributed by atoms with van der Waals surface area (Å²) < 4.78 is 14.2. The van der Waals surface area contributed by atoms with Crippen molar-refractivity contribution < 1.29 is 4.43 Å². The summed E-state index contributed by atoms with van der Waals surface area (Å²) in [5, 5.41) is 0.260. The molecule has 1 radical (unpaired) electrons. The van der Waals surface area contributed by atoms with Crippen molar-refractivity contribution in [3.05, 3.63) is 45.6 Å². The molecule has 0 aromatic heterocycles. The summed E-state index contributed by atoms with van der Waals surface area (Å²) in [5.74, 6) is 0. The second-order valence-corrected chi connectivity index (χ2v) is 26.5. The van der Waals surface area contributed by atoms with E-state index in [9.17, 15) is 0 Å². The third-order valence-electron chi connectivity index (χ3n) is 6.65. The molecule has 0 bridgehead atoms. The van der Waals surface area contributed by atoms with Crippen molar-refractivity contribution in [2.45, 2.75) is 124 Å². The SMILES string of the molecule is CCC[CH2][Sn](/[CH]=C/C(Cc1cccc(C)c1)O[Si](C)C(C)(C)C)([CH2]CCC)[CH2]CCC. The summed E-state index contributed by atoms with van der Waals surface area (Å²) in [5.41, 5.74) is 2.76. The van der Waals surface area contributed by atoms with Crippen LogP contribution in [0.25, 0.3) is 0 Å². The Balaban J connectivity index is 3.17. The van der Waals surface area contributed by atoms with Gasteiger partial charge in [-0.3, -0.25) is 0 Å². The summed E-state index contributed by atoms with van der Waals surface area (Å²) in [4.78, 5) is 0. The van der Waals surface area contributed by atoms with Crippen LogP contribution in [0.2, 0.25) is 24.9 Å². The Morgan fingerprint density at radius 1 is 0.968 bits per heavy atom. The number of hydrogen-bond acceptors (Lipinski definition) is 1. The molecule has 1 atom stereocenters. The van der Waals surface area contributed by atoms with Gasteiger partial charge in [0.2, 0.25) is 0 Å². The zero-order valence-electron chi connectivity index (χ0n) is 22.0. The van der Waals surface area contributed by atoms with Crippen LogP contribution in [0.4, 0.5) is 0 Å². The van der Waals surface area contributed by atoms with Gasteiger partial charge >= 0.3 is 202 Å². The number of rotatable bonds is 15. The van der Waals surface area contributed by atoms with Crippen molar-refractivity contribution >= 4 is 27.4 Å². The molecule has 0 N–H and O–H groups in total. The van der Waals surface area contributed by atoms with E-state index in [1.165, 1.54) is 63.0 Å². The maximum atomic E-state index is 6.82. The van der Waals surface area contributed by atoms with E-state index in [1.54, 1.807) is 0 Å². The monoisotopic (exact) mass is 551 g/mol. The first-order chi connectivity index (χ1) is 14.7. The maximum absolute atomic E-state index is 6.82. The molecule has 0 spiro atoms. The normalized spacial score (nSPS) is 14.0. The third-order valence-corrected chi connectivity index (χ3v) is 23.5. The van der Waals surface area contributed by atoms with E-state index in [1.807, 2.05) is 0 Å². The van der Waals surface area contributed by atoms with Crippen LogP contribution in [0.15, 0.2) is 34.4 Å². The minimum absolute atomic E-state index is 0.223. The van der Waals surface area contributed by atoms with Gasteiger partial charge in [-0.2, -0.15) is 0 Å². The molecule has 1 aromatic rings. The molecule has 0 heterocycles. The van der Waals surface area contributed by atoms with Crippen molar-refractivity contribution in [3.63, 3.8) is 0 Å². The molecule has 0 saturated carbocycles. The second-order valence-electron chi connectivity index (χ2n) is 10.7. The van der Waals surface area contributed by atoms with Crippen LogP contribution >= 0.6 is 0 Å². The number of hydrogen-bond donors (Lipinski definition) is 0. The first-order valence-corrected chi connectivity index (χ1v) is 22.5. The summed E-state index contributed by atoms with van der Waals surface area (Å²) in [6.45, 7) is 18.6. The van der Waals surface area contributed by atoms with Gasteiger partial charge in [-0.25, -0.2) is 0 Å². The predicted molar refractivity (Wildman–Crippen MR) is 145 cm³/mol. The Kier molecular flexibility index (Phi) is 14.0. The minimum atomic E-state index is -2.29. The topological polar surface area (TPSA) is 9.23 Å². The predicted octanol–water partition coefficient (Wildman–Crippen LogP) is 9.29. The van der Waals surface area contributed by atoms with Gasteiger partial charge < -0.3 is 0 Å². The first-order valence-electron chi connectivity index (χ1n) is 12.9. The Morgan fingerprint density at radius 3 is 1.97 bits per heavy atom. The van der Waals surface area contributed by atoms with Gasteiger partial charge in [0.05, 0.1) is 0 Å². The molecule has 1 aromatic carbocycles. The molecule has 3 heteroatoms. The molecule has 1 nitrogen and oxygen atoms in total. The number of benzene rings is 1. The van der Waals surface area contributed by atoms with E-state index in [2.05, 4.69) is 89.4 Å². The Hall–Kier alpha value is -0.0644. The Morgan fingerprint density at radius 2 is 1.52 bits per heavy atom. The zero-order chi connectivity index (χ0) is 23.3. The van der Waals surface area contributed by atoms with Crippen molar-refractivity contribution in [3.8, 4) is 0 Å². The fourth-order valence-corrected chi connectivity index (χ4v) is 19.5. The van der Waals surface area contributed by atoms with Crippen LogP contribution in [0, 0.1) is 6.92 Å². The van der Waals surface area contributed by atoms with Gasteiger partial charge in [0.25, 0.3) is 0 Å². The molecule has 177 valence electrons. The van der Waals surface area contributed by atoms with Crippen LogP contribution in [-0.2, 0) is 10.8 Å². The average molecular weight is 551 g/mol. The van der Waals surface area contributed by atoms with E-state index in [-0.39, 0.29) is 11.1 Å². The van der Waals surface area contributed by atoms with Gasteiger partial charge in [-0.1, -0.05) is 0 Å². The quantitative estimate of drug-likeness (QED) is 0.198. The van der Waals surface area contributed by atoms with E-state index in [0.717, 1.165) is 6.42 Å². The molecule has 0 saturated heterocycles. The molecule has 0 aliphatic carbocycles. The summed E-state index contributed by atoms with van der Waals surface area (Å²) in [6, 6.07) is 9.00. The molecule has 1 unspecified atom stereocenters. The van der Waals surface area contributed by atoms with Crippen LogP contribution in [-0.4, -0.2) is 33.5 Å². The fraction of sp³-hybridized carbons (Fsp3) is 0.714. The molecule has 0 aliphatic heterocycles. The molecular weight excluding hydrogens is 499 g/mol. The molecular formula is C28H51OSiSn.